The van der Waals surface area contributed by atoms with E-state index in [9.17, 15) is 0 Å². The van der Waals surface area contributed by atoms with Crippen LogP contribution in [0.3, 0.4) is 0 Å². The lowest BCUT2D eigenvalue weighted by Crippen LogP contribution is -2.28. The standard InChI is InChI=1S/C11H13BrN2O/c1-11(2,6-13)10-14-8-4-3-7(12)5-9(8)15-10/h3-5H,6,13H2,1-2H3. The number of hydrogen-bond acceptors (Lipinski definition) is 3. The van der Waals surface area contributed by atoms with Crippen LogP contribution in [0, 0.1) is 0 Å². The Morgan fingerprint density at radius 3 is 2.87 bits per heavy atom. The molecule has 3 nitrogen and oxygen atoms in total. The molecule has 2 N–H and O–H groups in total. The van der Waals surface area contributed by atoms with Crippen LogP contribution in [-0.4, -0.2) is 11.5 Å². The molecule has 0 saturated carbocycles. The van der Waals surface area contributed by atoms with Crippen molar-refractivity contribution in [2.24, 2.45) is 5.73 Å². The molecule has 15 heavy (non-hydrogen) atoms. The first-order valence-corrected chi connectivity index (χ1v) is 5.59. The molecule has 0 fully saturated rings. The number of benzene rings is 1. The molecule has 1 heterocycles. The zero-order chi connectivity index (χ0) is 11.1. The summed E-state index contributed by atoms with van der Waals surface area (Å²) >= 11 is 3.40. The van der Waals surface area contributed by atoms with Crippen molar-refractivity contribution in [2.45, 2.75) is 19.3 Å². The van der Waals surface area contributed by atoms with Crippen LogP contribution >= 0.6 is 15.9 Å². The third-order valence-corrected chi connectivity index (χ3v) is 2.93. The maximum absolute atomic E-state index is 5.68. The summed E-state index contributed by atoms with van der Waals surface area (Å²) in [5.41, 5.74) is 7.13. The average Bonchev–Trinajstić information content (AvgIpc) is 2.61. The van der Waals surface area contributed by atoms with Gasteiger partial charge >= 0.3 is 0 Å². The molecule has 0 spiro atoms. The van der Waals surface area contributed by atoms with Gasteiger partial charge in [0.05, 0.1) is 5.41 Å². The smallest absolute Gasteiger partial charge is 0.202 e. The van der Waals surface area contributed by atoms with E-state index in [4.69, 9.17) is 10.2 Å². The van der Waals surface area contributed by atoms with Crippen molar-refractivity contribution in [1.82, 2.24) is 4.98 Å². The van der Waals surface area contributed by atoms with Gasteiger partial charge in [0, 0.05) is 11.0 Å². The Morgan fingerprint density at radius 1 is 1.47 bits per heavy atom. The molecule has 0 aliphatic rings. The van der Waals surface area contributed by atoms with E-state index in [1.807, 2.05) is 32.0 Å². The Morgan fingerprint density at radius 2 is 2.20 bits per heavy atom. The van der Waals surface area contributed by atoms with Gasteiger partial charge < -0.3 is 10.2 Å². The number of nitrogens with zero attached hydrogens (tertiary/aromatic N) is 1. The van der Waals surface area contributed by atoms with Crippen molar-refractivity contribution >= 4 is 27.0 Å². The van der Waals surface area contributed by atoms with Gasteiger partial charge in [-0.05, 0) is 32.0 Å². The van der Waals surface area contributed by atoms with Crippen molar-refractivity contribution in [1.29, 1.82) is 0 Å². The predicted molar refractivity (Wildman–Crippen MR) is 63.8 cm³/mol. The summed E-state index contributed by atoms with van der Waals surface area (Å²) < 4.78 is 6.67. The maximum Gasteiger partial charge on any atom is 0.202 e. The summed E-state index contributed by atoms with van der Waals surface area (Å²) in [6, 6.07) is 5.79. The van der Waals surface area contributed by atoms with Crippen LogP contribution in [0.2, 0.25) is 0 Å². The first-order chi connectivity index (χ1) is 7.03. The van der Waals surface area contributed by atoms with E-state index in [0.717, 1.165) is 15.6 Å². The molecule has 1 aromatic carbocycles. The predicted octanol–water partition coefficient (Wildman–Crippen LogP) is 2.83. The van der Waals surface area contributed by atoms with Gasteiger partial charge in [0.15, 0.2) is 5.58 Å². The highest BCUT2D eigenvalue weighted by Gasteiger charge is 2.24. The number of aromatic nitrogens is 1. The number of oxazole rings is 1. The molecule has 0 atom stereocenters. The highest BCUT2D eigenvalue weighted by atomic mass is 79.9. The zero-order valence-corrected chi connectivity index (χ0v) is 10.3. The van der Waals surface area contributed by atoms with E-state index in [1.165, 1.54) is 0 Å². The van der Waals surface area contributed by atoms with Crippen molar-refractivity contribution in [2.75, 3.05) is 6.54 Å². The number of halogens is 1. The van der Waals surface area contributed by atoms with Gasteiger partial charge in [-0.2, -0.15) is 0 Å². The fraction of sp³-hybridized carbons (Fsp3) is 0.364. The fourth-order valence-corrected chi connectivity index (χ4v) is 1.62. The third-order valence-electron chi connectivity index (χ3n) is 2.44. The van der Waals surface area contributed by atoms with E-state index in [-0.39, 0.29) is 5.41 Å². The molecule has 80 valence electrons. The van der Waals surface area contributed by atoms with Gasteiger partial charge in [-0.3, -0.25) is 0 Å². The fourth-order valence-electron chi connectivity index (χ4n) is 1.28. The van der Waals surface area contributed by atoms with Crippen LogP contribution in [0.4, 0.5) is 0 Å². The van der Waals surface area contributed by atoms with Crippen LogP contribution in [0.25, 0.3) is 11.1 Å². The monoisotopic (exact) mass is 268 g/mol. The topological polar surface area (TPSA) is 52.0 Å². The maximum atomic E-state index is 5.68. The molecule has 0 unspecified atom stereocenters. The first-order valence-electron chi connectivity index (χ1n) is 4.79. The highest BCUT2D eigenvalue weighted by Crippen LogP contribution is 2.27. The van der Waals surface area contributed by atoms with Crippen molar-refractivity contribution in [3.8, 4) is 0 Å². The molecule has 0 aliphatic carbocycles. The summed E-state index contributed by atoms with van der Waals surface area (Å²) in [6.07, 6.45) is 0. The van der Waals surface area contributed by atoms with Gasteiger partial charge in [0.2, 0.25) is 5.89 Å². The molecule has 2 rings (SSSR count). The molecule has 0 saturated heterocycles. The lowest BCUT2D eigenvalue weighted by Gasteiger charge is -2.16. The Kier molecular flexibility index (Phi) is 2.56. The molecule has 0 radical (unpaired) electrons. The van der Waals surface area contributed by atoms with Crippen molar-refractivity contribution < 1.29 is 4.42 Å². The number of nitrogens with two attached hydrogens (primary N) is 1. The first kappa shape index (κ1) is 10.6. The summed E-state index contributed by atoms with van der Waals surface area (Å²) in [5.74, 6) is 0.693. The molecule has 4 heteroatoms. The SMILES string of the molecule is CC(C)(CN)c1nc2ccc(Br)cc2o1. The van der Waals surface area contributed by atoms with Gasteiger partial charge in [-0.1, -0.05) is 15.9 Å². The average molecular weight is 269 g/mol. The van der Waals surface area contributed by atoms with Gasteiger partial charge in [-0.25, -0.2) is 4.98 Å². The molecular formula is C11H13BrN2O. The van der Waals surface area contributed by atoms with E-state index >= 15 is 0 Å². The van der Waals surface area contributed by atoms with Crippen LogP contribution in [0.5, 0.6) is 0 Å². The number of hydrogen-bond donors (Lipinski definition) is 1. The second-order valence-electron chi connectivity index (χ2n) is 4.22. The van der Waals surface area contributed by atoms with Gasteiger partial charge in [-0.15, -0.1) is 0 Å². The van der Waals surface area contributed by atoms with Crippen LogP contribution < -0.4 is 5.73 Å². The largest absolute Gasteiger partial charge is 0.440 e. The Labute approximate surface area is 96.8 Å². The second-order valence-corrected chi connectivity index (χ2v) is 5.13. The normalized spacial score (nSPS) is 12.3. The minimum atomic E-state index is -0.217. The van der Waals surface area contributed by atoms with E-state index < -0.39 is 0 Å². The molecule has 1 aromatic heterocycles. The summed E-state index contributed by atoms with van der Waals surface area (Å²) in [4.78, 5) is 4.43. The van der Waals surface area contributed by atoms with E-state index in [1.54, 1.807) is 0 Å². The van der Waals surface area contributed by atoms with Crippen LogP contribution in [0.1, 0.15) is 19.7 Å². The van der Waals surface area contributed by atoms with E-state index in [2.05, 4.69) is 20.9 Å². The number of rotatable bonds is 2. The summed E-state index contributed by atoms with van der Waals surface area (Å²) in [5, 5.41) is 0. The lowest BCUT2D eigenvalue weighted by atomic mass is 9.94. The van der Waals surface area contributed by atoms with E-state index in [0.29, 0.717) is 12.4 Å². The molecule has 0 amide bonds. The number of fused-ring (bicyclic) bond motifs is 1. The van der Waals surface area contributed by atoms with Crippen molar-refractivity contribution in [3.63, 3.8) is 0 Å². The van der Waals surface area contributed by atoms with Crippen LogP contribution in [-0.2, 0) is 5.41 Å². The molecule has 0 bridgehead atoms. The highest BCUT2D eigenvalue weighted by molar-refractivity contribution is 9.10. The zero-order valence-electron chi connectivity index (χ0n) is 8.75. The molecule has 2 aromatic rings. The Bertz CT molecular complexity index is 490. The summed E-state index contributed by atoms with van der Waals surface area (Å²) in [7, 11) is 0. The van der Waals surface area contributed by atoms with Gasteiger partial charge in [0.25, 0.3) is 0 Å². The second kappa shape index (κ2) is 3.61. The quantitative estimate of drug-likeness (QED) is 0.912. The minimum absolute atomic E-state index is 0.217. The van der Waals surface area contributed by atoms with Crippen molar-refractivity contribution in [3.05, 3.63) is 28.6 Å². The lowest BCUT2D eigenvalue weighted by molar-refractivity contribution is 0.391. The Balaban J connectivity index is 2.56. The van der Waals surface area contributed by atoms with Crippen LogP contribution in [0.15, 0.2) is 27.1 Å². The summed E-state index contributed by atoms with van der Waals surface area (Å²) in [6.45, 7) is 4.56. The minimum Gasteiger partial charge on any atom is -0.440 e. The van der Waals surface area contributed by atoms with Gasteiger partial charge in [0.1, 0.15) is 5.52 Å². The third kappa shape index (κ3) is 1.92. The Hall–Kier alpha value is -0.870. The molecular weight excluding hydrogens is 256 g/mol. The molecule has 0 aliphatic heterocycles.